The van der Waals surface area contributed by atoms with Crippen molar-refractivity contribution in [1.29, 1.82) is 0 Å². The van der Waals surface area contributed by atoms with Crippen molar-refractivity contribution in [2.75, 3.05) is 7.05 Å². The highest BCUT2D eigenvalue weighted by atomic mass is 15.2. The Morgan fingerprint density at radius 3 is 2.65 bits per heavy atom. The van der Waals surface area contributed by atoms with Crippen molar-refractivity contribution >= 4 is 0 Å². The first-order chi connectivity index (χ1) is 8.11. The number of nitrogens with one attached hydrogen (secondary N) is 1. The number of aryl methyl sites for hydroxylation is 1. The lowest BCUT2D eigenvalue weighted by molar-refractivity contribution is 0.174. The van der Waals surface area contributed by atoms with Gasteiger partial charge in [-0.05, 0) is 37.6 Å². The molecular formula is C14H25N3. The van der Waals surface area contributed by atoms with E-state index in [1.165, 1.54) is 24.8 Å². The Bertz CT molecular complexity index is 358. The summed E-state index contributed by atoms with van der Waals surface area (Å²) in [5.41, 5.74) is 1.33. The molecule has 96 valence electrons. The van der Waals surface area contributed by atoms with E-state index in [-0.39, 0.29) is 0 Å². The molecule has 0 radical (unpaired) electrons. The van der Waals surface area contributed by atoms with E-state index in [1.54, 1.807) is 0 Å². The van der Waals surface area contributed by atoms with Gasteiger partial charge in [0.05, 0.1) is 6.20 Å². The highest BCUT2D eigenvalue weighted by Gasteiger charge is 2.30. The average molecular weight is 235 g/mol. The number of rotatable bonds is 3. The van der Waals surface area contributed by atoms with E-state index in [1.807, 2.05) is 17.9 Å². The van der Waals surface area contributed by atoms with E-state index in [9.17, 15) is 0 Å². The summed E-state index contributed by atoms with van der Waals surface area (Å²) in [5, 5.41) is 7.77. The molecule has 1 aliphatic carbocycles. The molecule has 0 aliphatic heterocycles. The Kier molecular flexibility index (Phi) is 3.87. The minimum Gasteiger partial charge on any atom is -0.313 e. The number of hydrogen-bond acceptors (Lipinski definition) is 2. The van der Waals surface area contributed by atoms with E-state index in [0.29, 0.717) is 6.04 Å². The second-order valence-corrected chi connectivity index (χ2v) is 5.74. The largest absolute Gasteiger partial charge is 0.313 e. The van der Waals surface area contributed by atoms with Crippen LogP contribution >= 0.6 is 0 Å². The molecule has 4 atom stereocenters. The molecule has 0 bridgehead atoms. The van der Waals surface area contributed by atoms with Crippen LogP contribution in [0.15, 0.2) is 12.4 Å². The van der Waals surface area contributed by atoms with Crippen LogP contribution in [0.2, 0.25) is 0 Å². The zero-order valence-electron chi connectivity index (χ0n) is 11.5. The lowest BCUT2D eigenvalue weighted by Crippen LogP contribution is -2.31. The summed E-state index contributed by atoms with van der Waals surface area (Å²) < 4.78 is 1.90. The van der Waals surface area contributed by atoms with E-state index in [4.69, 9.17) is 0 Å². The fraction of sp³-hybridized carbons (Fsp3) is 0.786. The third kappa shape index (κ3) is 2.71. The molecular weight excluding hydrogens is 210 g/mol. The Hall–Kier alpha value is -0.830. The van der Waals surface area contributed by atoms with Gasteiger partial charge in [-0.2, -0.15) is 5.10 Å². The second-order valence-electron chi connectivity index (χ2n) is 5.74. The van der Waals surface area contributed by atoms with Gasteiger partial charge < -0.3 is 5.32 Å². The molecule has 0 saturated heterocycles. The van der Waals surface area contributed by atoms with Crippen molar-refractivity contribution in [2.45, 2.75) is 39.2 Å². The summed E-state index contributed by atoms with van der Waals surface area (Å²) in [4.78, 5) is 0. The summed E-state index contributed by atoms with van der Waals surface area (Å²) in [5.74, 6) is 2.49. The summed E-state index contributed by atoms with van der Waals surface area (Å²) in [6.07, 6.45) is 8.19. The van der Waals surface area contributed by atoms with Crippen LogP contribution in [-0.2, 0) is 7.05 Å². The molecule has 1 aromatic heterocycles. The van der Waals surface area contributed by atoms with Crippen molar-refractivity contribution in [2.24, 2.45) is 24.8 Å². The van der Waals surface area contributed by atoms with Crippen LogP contribution in [0.5, 0.6) is 0 Å². The van der Waals surface area contributed by atoms with Crippen molar-refractivity contribution in [3.05, 3.63) is 18.0 Å². The zero-order chi connectivity index (χ0) is 12.4. The molecule has 1 fully saturated rings. The maximum Gasteiger partial charge on any atom is 0.0537 e. The van der Waals surface area contributed by atoms with Gasteiger partial charge >= 0.3 is 0 Å². The first kappa shape index (κ1) is 12.6. The summed E-state index contributed by atoms with van der Waals surface area (Å²) in [6, 6.07) is 0.471. The van der Waals surface area contributed by atoms with Gasteiger partial charge in [0, 0.05) is 24.8 Å². The molecule has 1 N–H and O–H groups in total. The van der Waals surface area contributed by atoms with Gasteiger partial charge in [-0.25, -0.2) is 0 Å². The molecule has 3 nitrogen and oxygen atoms in total. The highest BCUT2D eigenvalue weighted by molar-refractivity contribution is 5.12. The van der Waals surface area contributed by atoms with Gasteiger partial charge in [0.25, 0.3) is 0 Å². The fourth-order valence-corrected chi connectivity index (χ4v) is 3.17. The first-order valence-electron chi connectivity index (χ1n) is 6.77. The number of nitrogens with zero attached hydrogens (tertiary/aromatic N) is 2. The Morgan fingerprint density at radius 2 is 2.12 bits per heavy atom. The third-order valence-corrected chi connectivity index (χ3v) is 4.51. The quantitative estimate of drug-likeness (QED) is 0.873. The normalized spacial score (nSPS) is 31.4. The van der Waals surface area contributed by atoms with Gasteiger partial charge in [-0.15, -0.1) is 0 Å². The van der Waals surface area contributed by atoms with Gasteiger partial charge in [-0.3, -0.25) is 4.68 Å². The predicted molar refractivity (Wildman–Crippen MR) is 70.7 cm³/mol. The molecule has 0 amide bonds. The van der Waals surface area contributed by atoms with Crippen molar-refractivity contribution in [3.8, 4) is 0 Å². The molecule has 17 heavy (non-hydrogen) atoms. The van der Waals surface area contributed by atoms with Gasteiger partial charge in [-0.1, -0.05) is 20.3 Å². The Morgan fingerprint density at radius 1 is 1.35 bits per heavy atom. The first-order valence-corrected chi connectivity index (χ1v) is 6.77. The fourth-order valence-electron chi connectivity index (χ4n) is 3.17. The molecule has 1 heterocycles. The predicted octanol–water partition coefficient (Wildman–Crippen LogP) is 2.75. The van der Waals surface area contributed by atoms with Crippen LogP contribution in [0.1, 0.15) is 44.7 Å². The van der Waals surface area contributed by atoms with Gasteiger partial charge in [0.2, 0.25) is 0 Å². The van der Waals surface area contributed by atoms with Crippen molar-refractivity contribution in [1.82, 2.24) is 15.1 Å². The lowest BCUT2D eigenvalue weighted by Gasteiger charge is -2.36. The standard InChI is InChI=1S/C14H25N3/c1-10-5-6-12(7-11(10)2)14(15-3)13-8-16-17(4)9-13/h8-12,14-15H,5-7H2,1-4H3. The SMILES string of the molecule is CNC(c1cnn(C)c1)C1CCC(C)C(C)C1. The third-order valence-electron chi connectivity index (χ3n) is 4.51. The molecule has 3 heteroatoms. The number of aromatic nitrogens is 2. The van der Waals surface area contributed by atoms with E-state index >= 15 is 0 Å². The molecule has 0 aromatic carbocycles. The topological polar surface area (TPSA) is 29.9 Å². The summed E-state index contributed by atoms with van der Waals surface area (Å²) in [7, 11) is 4.06. The van der Waals surface area contributed by atoms with E-state index in [0.717, 1.165) is 17.8 Å². The van der Waals surface area contributed by atoms with Crippen LogP contribution in [0, 0.1) is 17.8 Å². The lowest BCUT2D eigenvalue weighted by atomic mass is 9.72. The van der Waals surface area contributed by atoms with Crippen LogP contribution in [-0.4, -0.2) is 16.8 Å². The molecule has 2 rings (SSSR count). The minimum absolute atomic E-state index is 0.471. The summed E-state index contributed by atoms with van der Waals surface area (Å²) in [6.45, 7) is 4.78. The summed E-state index contributed by atoms with van der Waals surface area (Å²) >= 11 is 0. The van der Waals surface area contributed by atoms with E-state index < -0.39 is 0 Å². The average Bonchev–Trinajstić information content (AvgIpc) is 2.71. The molecule has 1 aliphatic rings. The van der Waals surface area contributed by atoms with Crippen LogP contribution in [0.4, 0.5) is 0 Å². The maximum absolute atomic E-state index is 4.29. The van der Waals surface area contributed by atoms with Crippen LogP contribution in [0.3, 0.4) is 0 Å². The Balaban J connectivity index is 2.08. The minimum atomic E-state index is 0.471. The molecule has 1 aromatic rings. The number of hydrogen-bond donors (Lipinski definition) is 1. The maximum atomic E-state index is 4.29. The van der Waals surface area contributed by atoms with Crippen molar-refractivity contribution < 1.29 is 0 Å². The second kappa shape index (κ2) is 5.21. The molecule has 4 unspecified atom stereocenters. The zero-order valence-corrected chi connectivity index (χ0v) is 11.5. The molecule has 1 saturated carbocycles. The monoisotopic (exact) mass is 235 g/mol. The van der Waals surface area contributed by atoms with Gasteiger partial charge in [0.15, 0.2) is 0 Å². The van der Waals surface area contributed by atoms with Crippen molar-refractivity contribution in [3.63, 3.8) is 0 Å². The van der Waals surface area contributed by atoms with Crippen LogP contribution < -0.4 is 5.32 Å². The van der Waals surface area contributed by atoms with Crippen LogP contribution in [0.25, 0.3) is 0 Å². The Labute approximate surface area is 105 Å². The van der Waals surface area contributed by atoms with E-state index in [2.05, 4.69) is 37.5 Å². The molecule has 0 spiro atoms. The van der Waals surface area contributed by atoms with Gasteiger partial charge in [0.1, 0.15) is 0 Å². The smallest absolute Gasteiger partial charge is 0.0537 e. The highest BCUT2D eigenvalue weighted by Crippen LogP contribution is 2.39.